The van der Waals surface area contributed by atoms with Gasteiger partial charge in [0.05, 0.1) is 6.04 Å². The monoisotopic (exact) mass is 335 g/mol. The molecule has 0 bridgehead atoms. The Morgan fingerprint density at radius 1 is 1.57 bits per heavy atom. The Balaban J connectivity index is 1.76. The number of carbonyl (C=O) groups excluding carboxylic acids is 1. The Kier molecular flexibility index (Phi) is 4.39. The molecule has 1 amide bonds. The number of carboxylic acid groups (broad SMARTS) is 1. The normalized spacial score (nSPS) is 15.9. The first-order valence-electron chi connectivity index (χ1n) is 7.34. The number of fused-ring (bicyclic) bond motifs is 1. The van der Waals surface area contributed by atoms with Crippen LogP contribution >= 0.6 is 11.3 Å². The number of nitrogens with zero attached hydrogens (tertiary/aromatic N) is 3. The minimum Gasteiger partial charge on any atom is -0.476 e. The van der Waals surface area contributed by atoms with Gasteiger partial charge < -0.3 is 10.4 Å². The van der Waals surface area contributed by atoms with Crippen molar-refractivity contribution in [3.05, 3.63) is 28.5 Å². The summed E-state index contributed by atoms with van der Waals surface area (Å²) in [6.07, 6.45) is 2.92. The number of thiazole rings is 1. The second-order valence-corrected chi connectivity index (χ2v) is 6.20. The molecule has 0 radical (unpaired) electrons. The second-order valence-electron chi connectivity index (χ2n) is 5.31. The molecule has 1 aliphatic rings. The van der Waals surface area contributed by atoms with Crippen LogP contribution in [0.3, 0.4) is 0 Å². The molecule has 2 aromatic rings. The molecule has 3 rings (SSSR count). The highest BCUT2D eigenvalue weighted by molar-refractivity contribution is 7.13. The molecule has 3 N–H and O–H groups in total. The molecule has 8 nitrogen and oxygen atoms in total. The molecule has 0 saturated carbocycles. The Hall–Kier alpha value is -2.26. The summed E-state index contributed by atoms with van der Waals surface area (Å²) >= 11 is 1.37. The molecule has 0 saturated heterocycles. The summed E-state index contributed by atoms with van der Waals surface area (Å²) in [5, 5.41) is 21.0. The van der Waals surface area contributed by atoms with E-state index in [1.807, 2.05) is 11.8 Å². The largest absolute Gasteiger partial charge is 0.476 e. The van der Waals surface area contributed by atoms with Crippen molar-refractivity contribution in [1.29, 1.82) is 0 Å². The molecule has 0 unspecified atom stereocenters. The van der Waals surface area contributed by atoms with Crippen molar-refractivity contribution >= 4 is 28.3 Å². The third kappa shape index (κ3) is 3.10. The highest BCUT2D eigenvalue weighted by Gasteiger charge is 2.31. The number of carbonyl (C=O) groups is 2. The lowest BCUT2D eigenvalue weighted by Crippen LogP contribution is -2.46. The van der Waals surface area contributed by atoms with Gasteiger partial charge in [-0.05, 0) is 6.42 Å². The highest BCUT2D eigenvalue weighted by Crippen LogP contribution is 2.23. The van der Waals surface area contributed by atoms with Gasteiger partial charge >= 0.3 is 5.97 Å². The van der Waals surface area contributed by atoms with E-state index in [1.54, 1.807) is 11.6 Å². The van der Waals surface area contributed by atoms with E-state index in [2.05, 4.69) is 20.5 Å². The molecule has 1 atom stereocenters. The highest BCUT2D eigenvalue weighted by atomic mass is 32.1. The van der Waals surface area contributed by atoms with Crippen LogP contribution in [0.1, 0.15) is 35.1 Å². The summed E-state index contributed by atoms with van der Waals surface area (Å²) in [6, 6.07) is -0.330. The van der Waals surface area contributed by atoms with Crippen LogP contribution in [0.5, 0.6) is 0 Å². The van der Waals surface area contributed by atoms with E-state index < -0.39 is 5.97 Å². The van der Waals surface area contributed by atoms with Gasteiger partial charge in [-0.3, -0.25) is 14.8 Å². The number of hydrogen-bond donors (Lipinski definition) is 3. The zero-order valence-corrected chi connectivity index (χ0v) is 13.4. The van der Waals surface area contributed by atoms with Crippen LogP contribution in [0.4, 0.5) is 5.13 Å². The van der Waals surface area contributed by atoms with Gasteiger partial charge in [0.2, 0.25) is 5.91 Å². The molecular formula is C14H17N5O3S. The summed E-state index contributed by atoms with van der Waals surface area (Å²) in [5.74, 6) is -1.17. The molecular weight excluding hydrogens is 318 g/mol. The average Bonchev–Trinajstić information content (AvgIpc) is 3.16. The predicted molar refractivity (Wildman–Crippen MR) is 84.5 cm³/mol. The first-order chi connectivity index (χ1) is 11.1. The minimum absolute atomic E-state index is 0.0416. The maximum Gasteiger partial charge on any atom is 0.356 e. The Morgan fingerprint density at radius 3 is 3.04 bits per heavy atom. The van der Waals surface area contributed by atoms with Crippen molar-refractivity contribution in [2.45, 2.75) is 32.4 Å². The maximum atomic E-state index is 12.5. The fourth-order valence-electron chi connectivity index (χ4n) is 2.84. The van der Waals surface area contributed by atoms with Crippen LogP contribution in [-0.4, -0.2) is 49.7 Å². The van der Waals surface area contributed by atoms with Gasteiger partial charge in [-0.25, -0.2) is 9.78 Å². The molecule has 0 aromatic carbocycles. The van der Waals surface area contributed by atoms with E-state index in [0.717, 1.165) is 5.69 Å². The maximum absolute atomic E-state index is 12.5. The van der Waals surface area contributed by atoms with Crippen molar-refractivity contribution in [1.82, 2.24) is 20.1 Å². The van der Waals surface area contributed by atoms with E-state index in [4.69, 9.17) is 0 Å². The smallest absolute Gasteiger partial charge is 0.356 e. The minimum atomic E-state index is -1.05. The standard InChI is InChI=1S/C14H17N5O3S/c1-2-10(12(20)16-14-15-4-6-23-14)19-5-3-9-8(7-19)11(13(21)22)18-17-9/h4,6,10H,2-3,5,7H2,1H3,(H,17,18)(H,21,22)(H,15,16,20)/t10-/m0/s1. The zero-order chi connectivity index (χ0) is 16.4. The van der Waals surface area contributed by atoms with Crippen LogP contribution in [0, 0.1) is 0 Å². The molecule has 23 heavy (non-hydrogen) atoms. The van der Waals surface area contributed by atoms with Gasteiger partial charge in [-0.1, -0.05) is 6.92 Å². The van der Waals surface area contributed by atoms with E-state index in [0.29, 0.717) is 36.6 Å². The van der Waals surface area contributed by atoms with E-state index >= 15 is 0 Å². The summed E-state index contributed by atoms with van der Waals surface area (Å²) in [7, 11) is 0. The molecule has 122 valence electrons. The third-order valence-electron chi connectivity index (χ3n) is 3.96. The van der Waals surface area contributed by atoms with E-state index in [-0.39, 0.29) is 17.6 Å². The van der Waals surface area contributed by atoms with Crippen molar-refractivity contribution in [3.63, 3.8) is 0 Å². The van der Waals surface area contributed by atoms with E-state index in [1.165, 1.54) is 11.3 Å². The van der Waals surface area contributed by atoms with Crippen LogP contribution in [0.25, 0.3) is 0 Å². The molecule has 0 spiro atoms. The number of anilines is 1. The number of aromatic carboxylic acids is 1. The lowest BCUT2D eigenvalue weighted by atomic mass is 10.0. The number of aromatic amines is 1. The lowest BCUT2D eigenvalue weighted by molar-refractivity contribution is -0.121. The van der Waals surface area contributed by atoms with Gasteiger partial charge in [0.15, 0.2) is 10.8 Å². The fourth-order valence-corrected chi connectivity index (χ4v) is 3.37. The Morgan fingerprint density at radius 2 is 2.39 bits per heavy atom. The number of nitrogens with one attached hydrogen (secondary N) is 2. The van der Waals surface area contributed by atoms with Gasteiger partial charge in [0, 0.05) is 42.3 Å². The Bertz CT molecular complexity index is 712. The van der Waals surface area contributed by atoms with E-state index in [9.17, 15) is 14.7 Å². The Labute approximate surface area is 136 Å². The van der Waals surface area contributed by atoms with Gasteiger partial charge in [0.1, 0.15) is 0 Å². The van der Waals surface area contributed by atoms with Gasteiger partial charge in [-0.15, -0.1) is 11.3 Å². The molecule has 1 aliphatic heterocycles. The zero-order valence-electron chi connectivity index (χ0n) is 12.6. The summed E-state index contributed by atoms with van der Waals surface area (Å²) in [5.41, 5.74) is 1.55. The summed E-state index contributed by atoms with van der Waals surface area (Å²) in [4.78, 5) is 29.8. The lowest BCUT2D eigenvalue weighted by Gasteiger charge is -2.32. The van der Waals surface area contributed by atoms with Crippen LogP contribution in [0.2, 0.25) is 0 Å². The van der Waals surface area contributed by atoms with Crippen LogP contribution in [0.15, 0.2) is 11.6 Å². The number of H-pyrrole nitrogens is 1. The number of aromatic nitrogens is 3. The average molecular weight is 335 g/mol. The quantitative estimate of drug-likeness (QED) is 0.760. The van der Waals surface area contributed by atoms with Crippen molar-refractivity contribution in [3.8, 4) is 0 Å². The summed E-state index contributed by atoms with van der Waals surface area (Å²) in [6.45, 7) is 3.02. The molecule has 0 aliphatic carbocycles. The predicted octanol–water partition coefficient (Wildman–Crippen LogP) is 1.34. The SMILES string of the molecule is CC[C@@H](C(=O)Nc1nccs1)N1CCc2[nH]nc(C(=O)O)c2C1. The molecule has 2 aromatic heterocycles. The second kappa shape index (κ2) is 6.47. The molecule has 3 heterocycles. The van der Waals surface area contributed by atoms with Crippen molar-refractivity contribution in [2.24, 2.45) is 0 Å². The number of hydrogen-bond acceptors (Lipinski definition) is 6. The molecule has 0 fully saturated rings. The topological polar surface area (TPSA) is 111 Å². The number of carboxylic acids is 1. The third-order valence-corrected chi connectivity index (χ3v) is 4.65. The molecule has 9 heteroatoms. The first kappa shape index (κ1) is 15.6. The first-order valence-corrected chi connectivity index (χ1v) is 8.22. The van der Waals surface area contributed by atoms with Crippen LogP contribution < -0.4 is 5.32 Å². The van der Waals surface area contributed by atoms with Gasteiger partial charge in [0.25, 0.3) is 0 Å². The van der Waals surface area contributed by atoms with Gasteiger partial charge in [-0.2, -0.15) is 5.10 Å². The van der Waals surface area contributed by atoms with Crippen molar-refractivity contribution in [2.75, 3.05) is 11.9 Å². The number of amides is 1. The number of rotatable bonds is 5. The van der Waals surface area contributed by atoms with Crippen LogP contribution in [-0.2, 0) is 17.8 Å². The van der Waals surface area contributed by atoms with Crippen molar-refractivity contribution < 1.29 is 14.7 Å². The summed E-state index contributed by atoms with van der Waals surface area (Å²) < 4.78 is 0. The fraction of sp³-hybridized carbons (Fsp3) is 0.429.